The van der Waals surface area contributed by atoms with Crippen molar-refractivity contribution in [1.82, 2.24) is 39.9 Å². The standard InChI is InChI=1S/C32H18N8O3.Au/c41-21-13-20-22(24(43)23(21)42)32-39-30-19-12-6-5-11-18(19)28(37-30)35-26-15-8-2-1-7-14(15)25(33-26)34-27-16-9-3-4-10-17(16)29(36-27)38-31(20)40-32;/h1-13,41-43H,(H2,33,34,35,36,37,38,39,40);/q;+1. The summed E-state index contributed by atoms with van der Waals surface area (Å²) in [6.45, 7) is 0. The maximum atomic E-state index is 11.0. The van der Waals surface area contributed by atoms with E-state index in [0.717, 1.165) is 33.0 Å². The van der Waals surface area contributed by atoms with Crippen LogP contribution >= 0.6 is 0 Å². The van der Waals surface area contributed by atoms with Crippen molar-refractivity contribution in [1.29, 1.82) is 0 Å². The van der Waals surface area contributed by atoms with Crippen molar-refractivity contribution in [2.75, 3.05) is 0 Å². The van der Waals surface area contributed by atoms with E-state index in [1.807, 2.05) is 72.8 Å². The zero-order valence-corrected chi connectivity index (χ0v) is 24.5. The van der Waals surface area contributed by atoms with Crippen LogP contribution in [0.15, 0.2) is 78.9 Å². The van der Waals surface area contributed by atoms with Gasteiger partial charge in [0.2, 0.25) is 5.75 Å². The van der Waals surface area contributed by atoms with E-state index < -0.39 is 17.2 Å². The summed E-state index contributed by atoms with van der Waals surface area (Å²) in [6.07, 6.45) is 0. The van der Waals surface area contributed by atoms with Crippen LogP contribution in [-0.4, -0.2) is 55.2 Å². The van der Waals surface area contributed by atoms with Gasteiger partial charge in [-0.2, -0.15) is 0 Å². The first-order chi connectivity index (χ1) is 21.0. The van der Waals surface area contributed by atoms with Crippen molar-refractivity contribution in [3.05, 3.63) is 78.9 Å². The van der Waals surface area contributed by atoms with E-state index in [1.54, 1.807) is 0 Å². The number of nitrogens with zero attached hydrogens (tertiary/aromatic N) is 6. The molecular formula is C32H18AuN8O3+. The van der Waals surface area contributed by atoms with Gasteiger partial charge in [0.15, 0.2) is 34.8 Å². The number of fused-ring (bicyclic) bond motifs is 20. The van der Waals surface area contributed by atoms with E-state index in [9.17, 15) is 15.3 Å². The molecule has 0 spiro atoms. The first-order valence-corrected chi connectivity index (χ1v) is 13.4. The Hall–Kier alpha value is -5.62. The van der Waals surface area contributed by atoms with Crippen molar-refractivity contribution in [2.45, 2.75) is 0 Å². The van der Waals surface area contributed by atoms with Crippen molar-refractivity contribution in [3.63, 3.8) is 0 Å². The predicted octanol–water partition coefficient (Wildman–Crippen LogP) is 5.98. The van der Waals surface area contributed by atoms with Crippen LogP contribution in [0.3, 0.4) is 0 Å². The predicted molar refractivity (Wildman–Crippen MR) is 161 cm³/mol. The zero-order chi connectivity index (χ0) is 28.8. The average molecular weight is 760 g/mol. The summed E-state index contributed by atoms with van der Waals surface area (Å²) in [7, 11) is 0. The van der Waals surface area contributed by atoms with Gasteiger partial charge in [-0.1, -0.05) is 72.8 Å². The molecule has 0 radical (unpaired) electrons. The van der Waals surface area contributed by atoms with Gasteiger partial charge in [0, 0.05) is 38.4 Å². The number of phenolic OH excluding ortho intramolecular Hbond substituents is 3. The van der Waals surface area contributed by atoms with Gasteiger partial charge in [0.25, 0.3) is 0 Å². The van der Waals surface area contributed by atoms with Crippen LogP contribution in [0.1, 0.15) is 0 Å². The minimum Gasteiger partial charge on any atom is -0.504 e. The van der Waals surface area contributed by atoms with E-state index in [2.05, 4.69) is 9.97 Å². The molecular weight excluding hydrogens is 741 g/mol. The molecule has 0 amide bonds. The summed E-state index contributed by atoms with van der Waals surface area (Å²) < 4.78 is 0. The fraction of sp³-hybridized carbons (Fsp3) is 0. The van der Waals surface area contributed by atoms with Crippen LogP contribution in [0.2, 0.25) is 0 Å². The molecule has 12 heteroatoms. The molecule has 11 nitrogen and oxygen atoms in total. The van der Waals surface area contributed by atoms with Gasteiger partial charge < -0.3 is 25.3 Å². The third kappa shape index (κ3) is 3.67. The van der Waals surface area contributed by atoms with E-state index >= 15 is 0 Å². The molecule has 8 bridgehead atoms. The number of aromatic amines is 2. The molecule has 2 aliphatic heterocycles. The Morgan fingerprint density at radius 2 is 0.818 bits per heavy atom. The third-order valence-corrected chi connectivity index (χ3v) is 7.77. The monoisotopic (exact) mass is 759 g/mol. The van der Waals surface area contributed by atoms with Crippen LogP contribution in [0.5, 0.6) is 17.2 Å². The van der Waals surface area contributed by atoms with Crippen molar-refractivity contribution >= 4 is 44.1 Å². The second-order valence-electron chi connectivity index (χ2n) is 10.3. The number of nitrogens with one attached hydrogen (secondary N) is 2. The average Bonchev–Trinajstić information content (AvgIpc) is 3.75. The Balaban J connectivity index is 0.00000289. The van der Waals surface area contributed by atoms with Gasteiger partial charge >= 0.3 is 22.4 Å². The molecule has 5 N–H and O–H groups in total. The molecule has 2 aliphatic rings. The van der Waals surface area contributed by atoms with Gasteiger partial charge in [-0.25, -0.2) is 29.9 Å². The Kier molecular flexibility index (Phi) is 5.59. The molecule has 0 aliphatic carbocycles. The second-order valence-corrected chi connectivity index (χ2v) is 10.3. The number of phenols is 3. The molecule has 3 aromatic heterocycles. The SMILES string of the molecule is Oc1cc2c3nc4nc(nc5[nH]c(nc6nc(nc([nH]3)c2c(O)c1O)-c1ccccc1-6)c1ccccc51)-c1ccccc1-4.[Au+]. The summed E-state index contributed by atoms with van der Waals surface area (Å²) in [6, 6.07) is 24.4. The Morgan fingerprint density at radius 3 is 1.30 bits per heavy atom. The number of benzene rings is 4. The van der Waals surface area contributed by atoms with Crippen LogP contribution < -0.4 is 0 Å². The third-order valence-electron chi connectivity index (χ3n) is 7.77. The first kappa shape index (κ1) is 26.0. The number of aromatic nitrogens is 8. The van der Waals surface area contributed by atoms with Crippen molar-refractivity contribution in [3.8, 4) is 62.8 Å². The smallest absolute Gasteiger partial charge is 0.504 e. The minimum atomic E-state index is -0.663. The Morgan fingerprint density at radius 1 is 0.432 bits per heavy atom. The number of H-pyrrole nitrogens is 2. The maximum Gasteiger partial charge on any atom is 1.00 e. The molecule has 214 valence electrons. The van der Waals surface area contributed by atoms with Gasteiger partial charge in [-0.05, 0) is 6.07 Å². The van der Waals surface area contributed by atoms with Crippen molar-refractivity contribution in [2.24, 2.45) is 0 Å². The summed E-state index contributed by atoms with van der Waals surface area (Å²) >= 11 is 0. The van der Waals surface area contributed by atoms with E-state index in [-0.39, 0.29) is 39.1 Å². The largest absolute Gasteiger partial charge is 1.00 e. The van der Waals surface area contributed by atoms with Crippen LogP contribution in [0.25, 0.3) is 89.7 Å². The van der Waals surface area contributed by atoms with E-state index in [1.165, 1.54) is 6.07 Å². The van der Waals surface area contributed by atoms with Crippen LogP contribution in [0.4, 0.5) is 0 Å². The normalized spacial score (nSPS) is 11.7. The molecule has 0 unspecified atom stereocenters. The summed E-state index contributed by atoms with van der Waals surface area (Å²) in [4.78, 5) is 35.6. The topological polar surface area (TPSA) is 170 Å². The van der Waals surface area contributed by atoms with Crippen LogP contribution in [-0.2, 0) is 22.4 Å². The molecule has 44 heavy (non-hydrogen) atoms. The summed E-state index contributed by atoms with van der Waals surface area (Å²) in [5.41, 5.74) is 4.71. The summed E-state index contributed by atoms with van der Waals surface area (Å²) in [5.74, 6) is -0.0602. The van der Waals surface area contributed by atoms with Gasteiger partial charge in [-0.3, -0.25) is 0 Å². The molecule has 9 rings (SSSR count). The molecule has 0 fully saturated rings. The molecule has 4 aromatic carbocycles. The Labute approximate surface area is 262 Å². The number of hydrogen-bond acceptors (Lipinski definition) is 9. The molecule has 0 saturated heterocycles. The van der Waals surface area contributed by atoms with Gasteiger partial charge in [0.1, 0.15) is 22.6 Å². The maximum absolute atomic E-state index is 11.0. The first-order valence-electron chi connectivity index (χ1n) is 13.4. The van der Waals surface area contributed by atoms with Crippen LogP contribution in [0, 0.1) is 0 Å². The van der Waals surface area contributed by atoms with Gasteiger partial charge in [-0.15, -0.1) is 0 Å². The summed E-state index contributed by atoms with van der Waals surface area (Å²) in [5, 5.41) is 34.0. The molecule has 7 aromatic rings. The fourth-order valence-electron chi connectivity index (χ4n) is 5.76. The minimum absolute atomic E-state index is 0. The number of hydrogen-bond donors (Lipinski definition) is 5. The second kappa shape index (κ2) is 9.44. The fourth-order valence-corrected chi connectivity index (χ4v) is 5.76. The Bertz CT molecular complexity index is 2520. The quantitative estimate of drug-likeness (QED) is 0.0922. The van der Waals surface area contributed by atoms with Gasteiger partial charge in [0.05, 0.1) is 5.39 Å². The number of rotatable bonds is 0. The zero-order valence-electron chi connectivity index (χ0n) is 22.3. The van der Waals surface area contributed by atoms with Crippen molar-refractivity contribution < 1.29 is 37.7 Å². The molecule has 5 heterocycles. The molecule has 0 saturated carbocycles. The number of aromatic hydroxyl groups is 3. The van der Waals surface area contributed by atoms with E-state index in [0.29, 0.717) is 40.0 Å². The molecule has 0 atom stereocenters. The van der Waals surface area contributed by atoms with E-state index in [4.69, 9.17) is 29.9 Å².